The Bertz CT molecular complexity index is 932. The highest BCUT2D eigenvalue weighted by molar-refractivity contribution is 8.00. The van der Waals surface area contributed by atoms with Gasteiger partial charge in [-0.25, -0.2) is 8.78 Å². The molecule has 146 valence electrons. The number of hydrogen-bond acceptors (Lipinski definition) is 6. The third-order valence-corrected chi connectivity index (χ3v) is 4.59. The Morgan fingerprint density at radius 2 is 1.64 bits per heavy atom. The molecule has 0 fully saturated rings. The van der Waals surface area contributed by atoms with E-state index in [-0.39, 0.29) is 28.7 Å². The Kier molecular flexibility index (Phi) is 6.25. The van der Waals surface area contributed by atoms with Crippen LogP contribution in [0.2, 0.25) is 0 Å². The lowest BCUT2D eigenvalue weighted by Gasteiger charge is -2.11. The van der Waals surface area contributed by atoms with Crippen molar-refractivity contribution in [1.82, 2.24) is 10.2 Å². The summed E-state index contributed by atoms with van der Waals surface area (Å²) in [5.74, 6) is -0.321. The summed E-state index contributed by atoms with van der Waals surface area (Å²) in [7, 11) is 0. The molecule has 0 aliphatic carbocycles. The summed E-state index contributed by atoms with van der Waals surface area (Å²) >= 11 is 1.09. The summed E-state index contributed by atoms with van der Waals surface area (Å²) in [6.45, 7) is 3.40. The van der Waals surface area contributed by atoms with Crippen molar-refractivity contribution in [2.24, 2.45) is 0 Å². The van der Waals surface area contributed by atoms with Gasteiger partial charge in [0.1, 0.15) is 17.4 Å². The van der Waals surface area contributed by atoms with Crippen molar-refractivity contribution in [3.63, 3.8) is 0 Å². The maximum Gasteiger partial charge on any atom is 0.277 e. The normalized spacial score (nSPS) is 13.0. The van der Waals surface area contributed by atoms with E-state index < -0.39 is 11.4 Å². The Morgan fingerprint density at radius 1 is 1.04 bits per heavy atom. The molecule has 1 N–H and O–H groups in total. The maximum atomic E-state index is 12.9. The first kappa shape index (κ1) is 19.8. The number of hydrogen-bond donors (Lipinski definition) is 1. The molecular formula is C19H17F2N3O3S. The quantitative estimate of drug-likeness (QED) is 0.579. The van der Waals surface area contributed by atoms with Gasteiger partial charge in [-0.1, -0.05) is 11.8 Å². The summed E-state index contributed by atoms with van der Waals surface area (Å²) in [5, 5.41) is 10.2. The number of amides is 1. The number of anilines is 1. The number of nitrogens with one attached hydrogen (secondary N) is 1. The summed E-state index contributed by atoms with van der Waals surface area (Å²) in [6.07, 6.45) is -0.546. The van der Waals surface area contributed by atoms with Crippen LogP contribution in [0.4, 0.5) is 14.5 Å². The van der Waals surface area contributed by atoms with Crippen LogP contribution in [0.5, 0.6) is 5.75 Å². The lowest BCUT2D eigenvalue weighted by molar-refractivity contribution is -0.115. The molecule has 6 nitrogen and oxygen atoms in total. The zero-order chi connectivity index (χ0) is 20.1. The highest BCUT2D eigenvalue weighted by Crippen LogP contribution is 2.27. The Hall–Kier alpha value is -2.94. The van der Waals surface area contributed by atoms with Crippen LogP contribution in [0.3, 0.4) is 0 Å². The number of carbonyl (C=O) groups excluding carboxylic acids is 1. The third kappa shape index (κ3) is 5.29. The van der Waals surface area contributed by atoms with Gasteiger partial charge in [0.2, 0.25) is 5.91 Å². The van der Waals surface area contributed by atoms with Gasteiger partial charge in [-0.15, -0.1) is 10.2 Å². The molecule has 0 aliphatic rings. The Morgan fingerprint density at radius 3 is 2.29 bits per heavy atom. The van der Waals surface area contributed by atoms with Gasteiger partial charge in [-0.3, -0.25) is 4.79 Å². The summed E-state index contributed by atoms with van der Waals surface area (Å²) < 4.78 is 37.0. The lowest BCUT2D eigenvalue weighted by atomic mass is 10.3. The van der Waals surface area contributed by atoms with E-state index in [1.165, 1.54) is 48.5 Å². The first-order chi connectivity index (χ1) is 13.4. The zero-order valence-electron chi connectivity index (χ0n) is 15.1. The molecule has 0 unspecified atom stereocenters. The molecule has 3 aromatic rings. The van der Waals surface area contributed by atoms with Gasteiger partial charge in [-0.2, -0.15) is 0 Å². The fraction of sp³-hybridized carbons (Fsp3) is 0.211. The van der Waals surface area contributed by atoms with Crippen LogP contribution in [0.15, 0.2) is 58.2 Å². The summed E-state index contributed by atoms with van der Waals surface area (Å²) in [6, 6.07) is 11.1. The van der Waals surface area contributed by atoms with Gasteiger partial charge < -0.3 is 14.5 Å². The maximum absolute atomic E-state index is 12.9. The molecule has 0 saturated heterocycles. The zero-order valence-corrected chi connectivity index (χ0v) is 15.9. The SMILES string of the molecule is C[C@@H](Sc1nnc([C@@H](C)Oc2ccc(F)cc2)o1)C(=O)Nc1ccc(F)cc1. The average molecular weight is 405 g/mol. The molecule has 0 radical (unpaired) electrons. The first-order valence-corrected chi connectivity index (χ1v) is 9.27. The number of ether oxygens (including phenoxy) is 1. The molecule has 0 bridgehead atoms. The molecule has 9 heteroatoms. The van der Waals surface area contributed by atoms with Gasteiger partial charge in [0, 0.05) is 5.69 Å². The van der Waals surface area contributed by atoms with Crippen molar-refractivity contribution in [3.8, 4) is 5.75 Å². The summed E-state index contributed by atoms with van der Waals surface area (Å²) in [4.78, 5) is 12.2. The largest absolute Gasteiger partial charge is 0.481 e. The third-order valence-electron chi connectivity index (χ3n) is 3.65. The van der Waals surface area contributed by atoms with E-state index in [4.69, 9.17) is 9.15 Å². The number of aromatic nitrogens is 2. The number of rotatable bonds is 7. The van der Waals surface area contributed by atoms with Crippen molar-refractivity contribution in [2.75, 3.05) is 5.32 Å². The molecule has 1 aromatic heterocycles. The fourth-order valence-corrected chi connectivity index (χ4v) is 2.87. The van der Waals surface area contributed by atoms with Crippen LogP contribution in [0, 0.1) is 11.6 Å². The van der Waals surface area contributed by atoms with E-state index in [2.05, 4.69) is 15.5 Å². The number of nitrogens with zero attached hydrogens (tertiary/aromatic N) is 2. The van der Waals surface area contributed by atoms with Crippen LogP contribution in [-0.2, 0) is 4.79 Å². The molecule has 3 rings (SSSR count). The first-order valence-electron chi connectivity index (χ1n) is 8.39. The molecule has 0 spiro atoms. The van der Waals surface area contributed by atoms with E-state index in [9.17, 15) is 13.6 Å². The van der Waals surface area contributed by atoms with Crippen LogP contribution >= 0.6 is 11.8 Å². The van der Waals surface area contributed by atoms with Crippen molar-refractivity contribution >= 4 is 23.4 Å². The highest BCUT2D eigenvalue weighted by atomic mass is 32.2. The monoisotopic (exact) mass is 405 g/mol. The Labute approximate surface area is 164 Å². The topological polar surface area (TPSA) is 77.2 Å². The number of thioether (sulfide) groups is 1. The average Bonchev–Trinajstić information content (AvgIpc) is 3.14. The van der Waals surface area contributed by atoms with Crippen LogP contribution < -0.4 is 10.1 Å². The smallest absolute Gasteiger partial charge is 0.277 e. The lowest BCUT2D eigenvalue weighted by Crippen LogP contribution is -2.22. The van der Waals surface area contributed by atoms with E-state index in [1.54, 1.807) is 13.8 Å². The molecular weight excluding hydrogens is 388 g/mol. The second-order valence-electron chi connectivity index (χ2n) is 5.88. The minimum Gasteiger partial charge on any atom is -0.481 e. The predicted octanol–water partition coefficient (Wildman–Crippen LogP) is 4.61. The molecule has 2 atom stereocenters. The molecule has 28 heavy (non-hydrogen) atoms. The van der Waals surface area contributed by atoms with Crippen molar-refractivity contribution in [1.29, 1.82) is 0 Å². The second kappa shape index (κ2) is 8.83. The predicted molar refractivity (Wildman–Crippen MR) is 100 cm³/mol. The molecule has 2 aromatic carbocycles. The van der Waals surface area contributed by atoms with Crippen molar-refractivity contribution < 1.29 is 22.7 Å². The van der Waals surface area contributed by atoms with Gasteiger partial charge in [0.05, 0.1) is 5.25 Å². The molecule has 1 amide bonds. The summed E-state index contributed by atoms with van der Waals surface area (Å²) in [5.41, 5.74) is 0.492. The fourth-order valence-electron chi connectivity index (χ4n) is 2.18. The minimum absolute atomic E-state index is 0.214. The van der Waals surface area contributed by atoms with Gasteiger partial charge >= 0.3 is 0 Å². The van der Waals surface area contributed by atoms with Gasteiger partial charge in [-0.05, 0) is 62.4 Å². The standard InChI is InChI=1S/C19H17F2N3O3S/c1-11(26-16-9-5-14(21)6-10-16)18-23-24-19(27-18)28-12(2)17(25)22-15-7-3-13(20)4-8-15/h3-12H,1-2H3,(H,22,25)/t11-,12-/m1/s1. The molecule has 0 aliphatic heterocycles. The van der Waals surface area contributed by atoms with E-state index in [0.717, 1.165) is 11.8 Å². The number of benzene rings is 2. The van der Waals surface area contributed by atoms with Gasteiger partial charge in [0.15, 0.2) is 6.10 Å². The molecule has 0 saturated carbocycles. The van der Waals surface area contributed by atoms with E-state index >= 15 is 0 Å². The number of carbonyl (C=O) groups is 1. The molecule has 1 heterocycles. The Balaban J connectivity index is 1.56. The van der Waals surface area contributed by atoms with Crippen molar-refractivity contribution in [2.45, 2.75) is 30.4 Å². The van der Waals surface area contributed by atoms with Gasteiger partial charge in [0.25, 0.3) is 11.1 Å². The van der Waals surface area contributed by atoms with Crippen molar-refractivity contribution in [3.05, 3.63) is 66.1 Å². The number of halogens is 2. The van der Waals surface area contributed by atoms with Crippen LogP contribution in [0.25, 0.3) is 0 Å². The highest BCUT2D eigenvalue weighted by Gasteiger charge is 2.21. The van der Waals surface area contributed by atoms with Crippen LogP contribution in [-0.4, -0.2) is 21.4 Å². The minimum atomic E-state index is -0.546. The van der Waals surface area contributed by atoms with Crippen LogP contribution in [0.1, 0.15) is 25.8 Å². The van der Waals surface area contributed by atoms with E-state index in [0.29, 0.717) is 11.4 Å². The van der Waals surface area contributed by atoms with E-state index in [1.807, 2.05) is 0 Å². The second-order valence-corrected chi connectivity index (χ2v) is 7.17.